The lowest BCUT2D eigenvalue weighted by Crippen LogP contribution is -2.44. The second-order valence-corrected chi connectivity index (χ2v) is 11.4. The summed E-state index contributed by atoms with van der Waals surface area (Å²) in [5.74, 6) is 6.63. The number of nitrogens with two attached hydrogens (primary N) is 1. The van der Waals surface area contributed by atoms with E-state index in [-0.39, 0.29) is 47.2 Å². The van der Waals surface area contributed by atoms with E-state index in [0.717, 1.165) is 35.6 Å². The number of fused-ring (bicyclic) bond motifs is 2. The highest BCUT2D eigenvalue weighted by Gasteiger charge is 2.33. The van der Waals surface area contributed by atoms with Crippen molar-refractivity contribution in [1.29, 1.82) is 5.26 Å². The Morgan fingerprint density at radius 3 is 2.67 bits per heavy atom. The summed E-state index contributed by atoms with van der Waals surface area (Å²) in [5.41, 5.74) is 7.20. The van der Waals surface area contributed by atoms with Crippen LogP contribution in [0.3, 0.4) is 0 Å². The number of para-hydroxylation sites is 1. The van der Waals surface area contributed by atoms with Gasteiger partial charge in [-0.3, -0.25) is 18.7 Å². The molecule has 11 nitrogen and oxygen atoms in total. The number of anilines is 1. The van der Waals surface area contributed by atoms with Crippen molar-refractivity contribution in [3.8, 4) is 17.9 Å². The molecule has 2 fully saturated rings. The van der Waals surface area contributed by atoms with Crippen LogP contribution in [-0.4, -0.2) is 50.3 Å². The molecule has 4 heterocycles. The summed E-state index contributed by atoms with van der Waals surface area (Å²) in [7, 11) is 1.57. The van der Waals surface area contributed by atoms with Gasteiger partial charge < -0.3 is 20.5 Å². The van der Waals surface area contributed by atoms with Crippen LogP contribution in [0, 0.1) is 29.1 Å². The van der Waals surface area contributed by atoms with E-state index in [2.05, 4.69) is 28.2 Å². The lowest BCUT2D eigenvalue weighted by Gasteiger charge is -2.33. The smallest absolute Gasteiger partial charge is 0.331 e. The molecule has 0 spiro atoms. The van der Waals surface area contributed by atoms with Crippen LogP contribution >= 0.6 is 0 Å². The number of aromatic nitrogens is 4. The van der Waals surface area contributed by atoms with Crippen molar-refractivity contribution < 1.29 is 4.79 Å². The third-order valence-corrected chi connectivity index (χ3v) is 8.39. The van der Waals surface area contributed by atoms with Gasteiger partial charge in [0.2, 0.25) is 0 Å². The van der Waals surface area contributed by atoms with Gasteiger partial charge in [0, 0.05) is 38.1 Å². The largest absolute Gasteiger partial charge is 0.356 e. The molecular weight excluding hydrogens is 544 g/mol. The minimum atomic E-state index is -0.604. The monoisotopic (exact) mass is 578 g/mol. The molecular formula is C32H34N8O3. The minimum absolute atomic E-state index is 0.0938. The Morgan fingerprint density at radius 2 is 1.95 bits per heavy atom. The number of hydrogen-bond acceptors (Lipinski definition) is 7. The first-order valence-corrected chi connectivity index (χ1v) is 14.7. The van der Waals surface area contributed by atoms with E-state index in [1.54, 1.807) is 24.6 Å². The number of nitrogens with one attached hydrogen (secondary N) is 1. The molecule has 6 rings (SSSR count). The number of hydrogen-bond donors (Lipinski definition) is 2. The molecule has 1 aliphatic heterocycles. The first kappa shape index (κ1) is 28.3. The van der Waals surface area contributed by atoms with Gasteiger partial charge in [-0.05, 0) is 50.7 Å². The average Bonchev–Trinajstić information content (AvgIpc) is 3.78. The van der Waals surface area contributed by atoms with Gasteiger partial charge in [-0.25, -0.2) is 9.78 Å². The van der Waals surface area contributed by atoms with E-state index >= 15 is 0 Å². The van der Waals surface area contributed by atoms with Crippen molar-refractivity contribution in [2.45, 2.75) is 51.7 Å². The first-order chi connectivity index (χ1) is 20.8. The lowest BCUT2D eigenvalue weighted by atomic mass is 10.1. The summed E-state index contributed by atoms with van der Waals surface area (Å²) in [5, 5.41) is 13.7. The van der Waals surface area contributed by atoms with Gasteiger partial charge in [0.1, 0.15) is 23.0 Å². The summed E-state index contributed by atoms with van der Waals surface area (Å²) in [6.45, 7) is 3.36. The first-order valence-electron chi connectivity index (χ1n) is 14.7. The molecule has 0 radical (unpaired) electrons. The fraction of sp³-hybridized carbons (Fsp3) is 0.406. The van der Waals surface area contributed by atoms with E-state index in [4.69, 9.17) is 5.73 Å². The number of carbonyl (C=O) groups excluding carboxylic acids is 1. The number of nitrogens with zero attached hydrogens (tertiary/aromatic N) is 6. The molecule has 1 amide bonds. The van der Waals surface area contributed by atoms with Crippen LogP contribution < -0.4 is 27.2 Å². The quantitative estimate of drug-likeness (QED) is 0.320. The molecule has 1 aromatic carbocycles. The van der Waals surface area contributed by atoms with E-state index in [1.165, 1.54) is 4.57 Å². The Labute approximate surface area is 248 Å². The Balaban J connectivity index is 1.60. The summed E-state index contributed by atoms with van der Waals surface area (Å²) in [4.78, 5) is 48.8. The number of benzene rings is 1. The number of pyridine rings is 1. The van der Waals surface area contributed by atoms with Gasteiger partial charge in [0.15, 0.2) is 0 Å². The molecule has 1 aliphatic carbocycles. The molecule has 2 aliphatic rings. The fourth-order valence-electron chi connectivity index (χ4n) is 5.99. The Hall–Kier alpha value is -4.87. The van der Waals surface area contributed by atoms with Crippen molar-refractivity contribution in [3.63, 3.8) is 0 Å². The van der Waals surface area contributed by atoms with E-state index in [1.807, 2.05) is 29.2 Å². The van der Waals surface area contributed by atoms with Crippen molar-refractivity contribution in [3.05, 3.63) is 68.0 Å². The molecule has 43 heavy (non-hydrogen) atoms. The number of amides is 1. The Morgan fingerprint density at radius 1 is 1.16 bits per heavy atom. The maximum atomic E-state index is 14.4. The van der Waals surface area contributed by atoms with E-state index in [9.17, 15) is 19.6 Å². The van der Waals surface area contributed by atoms with Crippen LogP contribution in [-0.2, 0) is 20.1 Å². The standard InChI is InChI=1S/C32H34N8O3/c1-3-4-14-39-28-27(26(29(41)35-17-20-11-12-20)30(39)38-13-7-9-23(34)18-38)37(2)32(43)40(31(28)42)19-25-22(16-33)15-21-8-5-6-10-24(21)36-25/h5-6,8,10,15,20,23H,7,9,11-14,17-19,34H2,1-2H3,(H,35,41)/t23-/m1/s1. The number of nitriles is 1. The van der Waals surface area contributed by atoms with Crippen LogP contribution in [0.4, 0.5) is 5.82 Å². The van der Waals surface area contributed by atoms with Crippen molar-refractivity contribution >= 4 is 33.7 Å². The zero-order chi connectivity index (χ0) is 30.2. The third kappa shape index (κ3) is 5.17. The van der Waals surface area contributed by atoms with Gasteiger partial charge >= 0.3 is 5.69 Å². The topological polar surface area (TPSA) is 144 Å². The molecule has 220 valence electrons. The maximum absolute atomic E-state index is 14.4. The van der Waals surface area contributed by atoms with E-state index < -0.39 is 11.2 Å². The second kappa shape index (κ2) is 11.4. The van der Waals surface area contributed by atoms with Gasteiger partial charge in [-0.1, -0.05) is 24.1 Å². The molecule has 1 atom stereocenters. The molecule has 1 saturated heterocycles. The average molecular weight is 579 g/mol. The predicted molar refractivity (Wildman–Crippen MR) is 165 cm³/mol. The zero-order valence-corrected chi connectivity index (χ0v) is 24.4. The van der Waals surface area contributed by atoms with E-state index in [0.29, 0.717) is 42.6 Å². The van der Waals surface area contributed by atoms with Gasteiger partial charge in [-0.2, -0.15) is 5.26 Å². The van der Waals surface area contributed by atoms with Gasteiger partial charge in [-0.15, -0.1) is 5.92 Å². The molecule has 3 aromatic heterocycles. The van der Waals surface area contributed by atoms with Crippen molar-refractivity contribution in [1.82, 2.24) is 24.0 Å². The molecule has 3 N–H and O–H groups in total. The SMILES string of the molecule is CC#CCn1c(N2CCC[C@@H](N)C2)c(C(=O)NCC2CC2)c2c1c(=O)n(Cc1nc3ccccc3cc1C#N)c(=O)n2C. The number of carbonyl (C=O) groups is 1. The molecule has 0 unspecified atom stereocenters. The maximum Gasteiger partial charge on any atom is 0.331 e. The third-order valence-electron chi connectivity index (χ3n) is 8.39. The van der Waals surface area contributed by atoms with Crippen LogP contribution in [0.1, 0.15) is 54.2 Å². The Bertz CT molecular complexity index is 1980. The molecule has 11 heteroatoms. The predicted octanol–water partition coefficient (Wildman–Crippen LogP) is 2.06. The highest BCUT2D eigenvalue weighted by Crippen LogP contribution is 2.33. The fourth-order valence-corrected chi connectivity index (χ4v) is 5.99. The van der Waals surface area contributed by atoms with Crippen LogP contribution in [0.15, 0.2) is 39.9 Å². The summed E-state index contributed by atoms with van der Waals surface area (Å²) in [6.07, 6.45) is 3.83. The molecule has 0 bridgehead atoms. The zero-order valence-electron chi connectivity index (χ0n) is 24.4. The van der Waals surface area contributed by atoms with Crippen molar-refractivity contribution in [2.24, 2.45) is 18.7 Å². The highest BCUT2D eigenvalue weighted by atomic mass is 16.2. The normalized spacial score (nSPS) is 16.6. The lowest BCUT2D eigenvalue weighted by molar-refractivity contribution is 0.0953. The number of piperidine rings is 1. The minimum Gasteiger partial charge on any atom is -0.356 e. The summed E-state index contributed by atoms with van der Waals surface area (Å²) >= 11 is 0. The Kier molecular flexibility index (Phi) is 7.51. The van der Waals surface area contributed by atoms with Crippen LogP contribution in [0.5, 0.6) is 0 Å². The van der Waals surface area contributed by atoms with Crippen molar-refractivity contribution in [2.75, 3.05) is 24.5 Å². The highest BCUT2D eigenvalue weighted by molar-refractivity contribution is 6.11. The van der Waals surface area contributed by atoms with Gasteiger partial charge in [0.25, 0.3) is 11.5 Å². The van der Waals surface area contributed by atoms with Gasteiger partial charge in [0.05, 0.1) is 35.4 Å². The number of aryl methyl sites for hydroxylation is 1. The second-order valence-electron chi connectivity index (χ2n) is 11.4. The molecule has 4 aromatic rings. The summed E-state index contributed by atoms with van der Waals surface area (Å²) in [6, 6.07) is 11.2. The van der Waals surface area contributed by atoms with Crippen LogP contribution in [0.2, 0.25) is 0 Å². The summed E-state index contributed by atoms with van der Waals surface area (Å²) < 4.78 is 4.21. The number of rotatable bonds is 7. The van der Waals surface area contributed by atoms with Crippen LogP contribution in [0.25, 0.3) is 21.9 Å². The molecule has 1 saturated carbocycles.